The van der Waals surface area contributed by atoms with Gasteiger partial charge >= 0.3 is 0 Å². The third kappa shape index (κ3) is 1.82. The summed E-state index contributed by atoms with van der Waals surface area (Å²) in [7, 11) is 2.17. The molecular weight excluding hydrogens is 302 g/mol. The van der Waals surface area contributed by atoms with Crippen LogP contribution >= 0.6 is 0 Å². The van der Waals surface area contributed by atoms with Gasteiger partial charge in [-0.3, -0.25) is 0 Å². The molecule has 1 aromatic heterocycles. The van der Waals surface area contributed by atoms with Gasteiger partial charge in [0.1, 0.15) is 7.05 Å². The number of fused-ring (bicyclic) bond motifs is 5. The van der Waals surface area contributed by atoms with Gasteiger partial charge in [0.15, 0.2) is 6.20 Å². The molecule has 2 aliphatic carbocycles. The summed E-state index contributed by atoms with van der Waals surface area (Å²) in [6, 6.07) is 11.3. The monoisotopic (exact) mass is 334 g/mol. The van der Waals surface area contributed by atoms with E-state index < -0.39 is 0 Å². The first-order chi connectivity index (χ1) is 11.5. The Morgan fingerprint density at radius 3 is 2.12 bits per heavy atom. The fourth-order valence-corrected chi connectivity index (χ4v) is 6.72. The maximum Gasteiger partial charge on any atom is 0.212 e. The van der Waals surface area contributed by atoms with Gasteiger partial charge in [-0.2, -0.15) is 0 Å². The summed E-state index contributed by atoms with van der Waals surface area (Å²) in [6.07, 6.45) is 2.17. The van der Waals surface area contributed by atoms with Crippen LogP contribution in [0.2, 0.25) is 0 Å². The highest BCUT2D eigenvalue weighted by Crippen LogP contribution is 2.79. The molecule has 0 spiro atoms. The molecule has 2 bridgehead atoms. The van der Waals surface area contributed by atoms with Crippen molar-refractivity contribution in [1.29, 1.82) is 0 Å². The van der Waals surface area contributed by atoms with Crippen LogP contribution in [-0.2, 0) is 7.05 Å². The normalized spacial score (nSPS) is 27.4. The molecule has 0 saturated heterocycles. The van der Waals surface area contributed by atoms with Crippen molar-refractivity contribution >= 4 is 0 Å². The summed E-state index contributed by atoms with van der Waals surface area (Å²) in [5.41, 5.74) is 8.33. The van der Waals surface area contributed by atoms with E-state index in [4.69, 9.17) is 0 Å². The second-order valence-electron chi connectivity index (χ2n) is 10.1. The third-order valence-electron chi connectivity index (χ3n) is 7.99. The van der Waals surface area contributed by atoms with Crippen LogP contribution in [0.1, 0.15) is 70.1 Å². The summed E-state index contributed by atoms with van der Waals surface area (Å²) >= 11 is 0. The number of pyridine rings is 1. The molecule has 0 N–H and O–H groups in total. The maximum absolute atomic E-state index is 2.50. The minimum Gasteiger partial charge on any atom is -0.201 e. The van der Waals surface area contributed by atoms with E-state index in [1.165, 1.54) is 16.8 Å². The first-order valence-corrected chi connectivity index (χ1v) is 9.61. The van der Waals surface area contributed by atoms with Crippen molar-refractivity contribution in [3.8, 4) is 11.3 Å². The highest BCUT2D eigenvalue weighted by molar-refractivity contribution is 5.72. The molecule has 1 saturated carbocycles. The Balaban J connectivity index is 2.09. The summed E-state index contributed by atoms with van der Waals surface area (Å²) in [6.45, 7) is 17.3. The van der Waals surface area contributed by atoms with Crippen molar-refractivity contribution in [2.75, 3.05) is 0 Å². The van der Waals surface area contributed by atoms with Crippen LogP contribution in [0.4, 0.5) is 0 Å². The maximum atomic E-state index is 2.50. The van der Waals surface area contributed by atoms with Crippen molar-refractivity contribution in [3.05, 3.63) is 53.2 Å². The van der Waals surface area contributed by atoms with Crippen LogP contribution in [0.3, 0.4) is 0 Å². The van der Waals surface area contributed by atoms with E-state index in [1.807, 2.05) is 0 Å². The summed E-state index contributed by atoms with van der Waals surface area (Å²) in [5.74, 6) is 1.20. The van der Waals surface area contributed by atoms with Gasteiger partial charge in [-0.15, -0.1) is 0 Å². The number of nitrogens with zero attached hydrogens (tertiary/aromatic N) is 1. The van der Waals surface area contributed by atoms with E-state index in [1.54, 1.807) is 11.1 Å². The number of aromatic nitrogens is 1. The Hall–Kier alpha value is -1.63. The first kappa shape index (κ1) is 16.8. The zero-order valence-corrected chi connectivity index (χ0v) is 17.1. The van der Waals surface area contributed by atoms with E-state index in [2.05, 4.69) is 96.6 Å². The van der Waals surface area contributed by atoms with Gasteiger partial charge in [-0.05, 0) is 57.8 Å². The zero-order valence-electron chi connectivity index (χ0n) is 17.1. The Kier molecular flexibility index (Phi) is 3.20. The van der Waals surface area contributed by atoms with Gasteiger partial charge in [0.25, 0.3) is 0 Å². The number of benzene rings is 1. The highest BCUT2D eigenvalue weighted by atomic mass is 14.9. The first-order valence-electron chi connectivity index (χ1n) is 9.61. The third-order valence-corrected chi connectivity index (χ3v) is 7.99. The highest BCUT2D eigenvalue weighted by Gasteiger charge is 2.69. The Bertz CT molecular complexity index is 870. The van der Waals surface area contributed by atoms with Crippen molar-refractivity contribution < 1.29 is 4.57 Å². The van der Waals surface area contributed by atoms with Crippen LogP contribution in [-0.4, -0.2) is 0 Å². The van der Waals surface area contributed by atoms with Crippen LogP contribution in [0.5, 0.6) is 0 Å². The number of rotatable bonds is 1. The molecule has 0 amide bonds. The number of aryl methyl sites for hydroxylation is 2. The molecule has 2 atom stereocenters. The van der Waals surface area contributed by atoms with E-state index >= 15 is 0 Å². The SMILES string of the molecule is Cc1ccc2c(c1-c1cccc[n+]1C)C1C(C)(C)C2C(C)(C)C1(C)C. The van der Waals surface area contributed by atoms with Crippen LogP contribution in [0, 0.1) is 23.2 Å². The zero-order chi connectivity index (χ0) is 18.4. The second kappa shape index (κ2) is 4.75. The quantitative estimate of drug-likeness (QED) is 0.584. The molecule has 2 aromatic rings. The largest absolute Gasteiger partial charge is 0.212 e. The topological polar surface area (TPSA) is 3.88 Å². The smallest absolute Gasteiger partial charge is 0.201 e. The molecule has 25 heavy (non-hydrogen) atoms. The van der Waals surface area contributed by atoms with E-state index in [9.17, 15) is 0 Å². The molecular formula is C24H32N+. The van der Waals surface area contributed by atoms with E-state index in [0.717, 1.165) is 0 Å². The average Bonchev–Trinajstić information content (AvgIpc) is 2.80. The summed E-state index contributed by atoms with van der Waals surface area (Å²) in [5, 5.41) is 0. The fraction of sp³-hybridized carbons (Fsp3) is 0.542. The fourth-order valence-electron chi connectivity index (χ4n) is 6.72. The van der Waals surface area contributed by atoms with E-state index in [-0.39, 0.29) is 5.41 Å². The standard InChI is InChI=1S/C24H32N/c1-15-12-13-16-19(18(15)17-11-9-10-14-25(17)8)21-22(2,3)20(16)23(4,5)24(21,6)7/h9-14,20-21H,1-8H3/q+1. The average molecular weight is 335 g/mol. The lowest BCUT2D eigenvalue weighted by molar-refractivity contribution is -0.660. The Morgan fingerprint density at radius 1 is 0.840 bits per heavy atom. The molecule has 0 radical (unpaired) electrons. The van der Waals surface area contributed by atoms with Gasteiger partial charge < -0.3 is 0 Å². The Labute approximate surface area is 153 Å². The molecule has 4 rings (SSSR count). The van der Waals surface area contributed by atoms with Crippen LogP contribution < -0.4 is 4.57 Å². The lowest BCUT2D eigenvalue weighted by atomic mass is 9.57. The van der Waals surface area contributed by atoms with Gasteiger partial charge in [-0.25, -0.2) is 4.57 Å². The molecule has 1 aromatic carbocycles. The molecule has 1 fully saturated rings. The second-order valence-corrected chi connectivity index (χ2v) is 10.1. The molecule has 132 valence electrons. The predicted molar refractivity (Wildman–Crippen MR) is 105 cm³/mol. The molecule has 0 aliphatic heterocycles. The number of hydrogen-bond donors (Lipinski definition) is 0. The number of hydrogen-bond acceptors (Lipinski definition) is 0. The summed E-state index contributed by atoms with van der Waals surface area (Å²) in [4.78, 5) is 0. The summed E-state index contributed by atoms with van der Waals surface area (Å²) < 4.78 is 2.28. The minimum atomic E-state index is 0.282. The molecule has 1 heterocycles. The van der Waals surface area contributed by atoms with Gasteiger partial charge in [0.05, 0.1) is 5.56 Å². The molecule has 2 aliphatic rings. The molecule has 1 heteroatoms. The molecule has 1 nitrogen and oxygen atoms in total. The lowest BCUT2D eigenvalue weighted by Crippen LogP contribution is -2.38. The van der Waals surface area contributed by atoms with Crippen molar-refractivity contribution in [1.82, 2.24) is 0 Å². The van der Waals surface area contributed by atoms with Crippen molar-refractivity contribution in [2.45, 2.75) is 60.3 Å². The van der Waals surface area contributed by atoms with Crippen molar-refractivity contribution in [3.63, 3.8) is 0 Å². The Morgan fingerprint density at radius 2 is 1.48 bits per heavy atom. The van der Waals surface area contributed by atoms with Gasteiger partial charge in [0.2, 0.25) is 5.69 Å². The van der Waals surface area contributed by atoms with Gasteiger partial charge in [-0.1, -0.05) is 53.7 Å². The lowest BCUT2D eigenvalue weighted by Gasteiger charge is -2.46. The van der Waals surface area contributed by atoms with Crippen molar-refractivity contribution in [2.24, 2.45) is 23.3 Å². The van der Waals surface area contributed by atoms with E-state index in [0.29, 0.717) is 22.7 Å². The molecule has 2 unspecified atom stereocenters. The predicted octanol–water partition coefficient (Wildman–Crippen LogP) is 5.76. The van der Waals surface area contributed by atoms with Gasteiger partial charge in [0, 0.05) is 12.1 Å². The minimum absolute atomic E-state index is 0.282. The van der Waals surface area contributed by atoms with Crippen LogP contribution in [0.15, 0.2) is 36.5 Å². The van der Waals surface area contributed by atoms with Crippen LogP contribution in [0.25, 0.3) is 11.3 Å².